The van der Waals surface area contributed by atoms with Gasteiger partial charge in [-0.15, -0.1) is 11.3 Å². The second kappa shape index (κ2) is 11.1. The monoisotopic (exact) mass is 455 g/mol. The number of hydrogen-bond acceptors (Lipinski definition) is 6. The zero-order valence-electron chi connectivity index (χ0n) is 18.8. The Morgan fingerprint density at radius 3 is 2.66 bits per heavy atom. The summed E-state index contributed by atoms with van der Waals surface area (Å²) in [6.07, 6.45) is 9.55. The van der Waals surface area contributed by atoms with Crippen molar-refractivity contribution in [1.82, 2.24) is 15.2 Å². The summed E-state index contributed by atoms with van der Waals surface area (Å²) in [4.78, 5) is 19.5. The summed E-state index contributed by atoms with van der Waals surface area (Å²) < 4.78 is 11.3. The van der Waals surface area contributed by atoms with Crippen LogP contribution in [-0.4, -0.2) is 54.2 Å². The molecule has 1 aromatic carbocycles. The van der Waals surface area contributed by atoms with E-state index in [9.17, 15) is 4.79 Å². The SMILES string of the molecule is Cc1nc(COc2ccc(/C=C/C(=O)NCC3(N4CCOCC4)CCCCC3)cc2)cs1. The first-order chi connectivity index (χ1) is 15.6. The van der Waals surface area contributed by atoms with Gasteiger partial charge in [0.2, 0.25) is 5.91 Å². The number of morpholine rings is 1. The van der Waals surface area contributed by atoms with Crippen LogP contribution in [0.5, 0.6) is 5.75 Å². The predicted molar refractivity (Wildman–Crippen MR) is 128 cm³/mol. The van der Waals surface area contributed by atoms with E-state index in [0.29, 0.717) is 13.2 Å². The molecule has 0 atom stereocenters. The minimum absolute atomic E-state index is 0.0394. The van der Waals surface area contributed by atoms with Crippen LogP contribution in [0.15, 0.2) is 35.7 Å². The van der Waals surface area contributed by atoms with Crippen LogP contribution in [0.2, 0.25) is 0 Å². The number of nitrogens with zero attached hydrogens (tertiary/aromatic N) is 2. The number of aryl methyl sites for hydroxylation is 1. The Kier molecular flexibility index (Phi) is 7.95. The van der Waals surface area contributed by atoms with Crippen molar-refractivity contribution < 1.29 is 14.3 Å². The minimum Gasteiger partial charge on any atom is -0.487 e. The van der Waals surface area contributed by atoms with Crippen LogP contribution in [0.4, 0.5) is 0 Å². The first kappa shape index (κ1) is 23.0. The minimum atomic E-state index is -0.0394. The van der Waals surface area contributed by atoms with Crippen molar-refractivity contribution >= 4 is 23.3 Å². The molecule has 0 bridgehead atoms. The molecule has 1 aromatic heterocycles. The number of thiazole rings is 1. The summed E-state index contributed by atoms with van der Waals surface area (Å²) in [5.74, 6) is 0.754. The van der Waals surface area contributed by atoms with Gasteiger partial charge in [0.05, 0.1) is 23.9 Å². The average molecular weight is 456 g/mol. The Morgan fingerprint density at radius 2 is 1.97 bits per heavy atom. The highest BCUT2D eigenvalue weighted by Crippen LogP contribution is 2.33. The van der Waals surface area contributed by atoms with Gasteiger partial charge in [0.15, 0.2) is 0 Å². The van der Waals surface area contributed by atoms with E-state index < -0.39 is 0 Å². The molecule has 1 aliphatic heterocycles. The molecule has 1 saturated carbocycles. The molecular formula is C25H33N3O3S. The first-order valence-corrected chi connectivity index (χ1v) is 12.4. The fourth-order valence-electron chi connectivity index (χ4n) is 4.64. The maximum atomic E-state index is 12.5. The molecule has 2 fully saturated rings. The number of carbonyl (C=O) groups excluding carboxylic acids is 1. The van der Waals surface area contributed by atoms with Crippen LogP contribution >= 0.6 is 11.3 Å². The largest absolute Gasteiger partial charge is 0.487 e. The number of aromatic nitrogens is 1. The van der Waals surface area contributed by atoms with E-state index in [1.165, 1.54) is 19.3 Å². The summed E-state index contributed by atoms with van der Waals surface area (Å²) in [5, 5.41) is 6.23. The maximum absolute atomic E-state index is 12.5. The molecule has 7 heteroatoms. The Morgan fingerprint density at radius 1 is 1.22 bits per heavy atom. The fraction of sp³-hybridized carbons (Fsp3) is 0.520. The van der Waals surface area contributed by atoms with Crippen LogP contribution in [0, 0.1) is 6.92 Å². The van der Waals surface area contributed by atoms with E-state index in [0.717, 1.165) is 61.2 Å². The molecule has 0 spiro atoms. The summed E-state index contributed by atoms with van der Waals surface area (Å²) in [7, 11) is 0. The van der Waals surface area contributed by atoms with Crippen LogP contribution < -0.4 is 10.1 Å². The number of hydrogen-bond donors (Lipinski definition) is 1. The van der Waals surface area contributed by atoms with Gasteiger partial charge in [-0.25, -0.2) is 4.98 Å². The van der Waals surface area contributed by atoms with Crippen LogP contribution in [-0.2, 0) is 16.1 Å². The molecular weight excluding hydrogens is 422 g/mol. The molecule has 2 heterocycles. The molecule has 2 aromatic rings. The van der Waals surface area contributed by atoms with E-state index in [4.69, 9.17) is 9.47 Å². The van der Waals surface area contributed by atoms with Crippen molar-refractivity contribution in [2.75, 3.05) is 32.8 Å². The van der Waals surface area contributed by atoms with Gasteiger partial charge in [-0.2, -0.15) is 0 Å². The lowest BCUT2D eigenvalue weighted by atomic mass is 9.79. The predicted octanol–water partition coefficient (Wildman–Crippen LogP) is 4.20. The lowest BCUT2D eigenvalue weighted by molar-refractivity contribution is -0.117. The summed E-state index contributed by atoms with van der Waals surface area (Å²) in [6.45, 7) is 6.66. The molecule has 4 rings (SSSR count). The van der Waals surface area contributed by atoms with Crippen molar-refractivity contribution in [3.8, 4) is 5.75 Å². The van der Waals surface area contributed by atoms with Crippen molar-refractivity contribution in [2.45, 2.75) is 51.2 Å². The van der Waals surface area contributed by atoms with Gasteiger partial charge in [-0.05, 0) is 43.5 Å². The van der Waals surface area contributed by atoms with Crippen molar-refractivity contribution in [3.05, 3.63) is 52.0 Å². The number of ether oxygens (including phenoxy) is 2. The third kappa shape index (κ3) is 6.18. The fourth-order valence-corrected chi connectivity index (χ4v) is 5.24. The van der Waals surface area contributed by atoms with Crippen LogP contribution in [0.25, 0.3) is 6.08 Å². The molecule has 0 unspecified atom stereocenters. The van der Waals surface area contributed by atoms with Gasteiger partial charge in [0.1, 0.15) is 12.4 Å². The first-order valence-electron chi connectivity index (χ1n) is 11.6. The molecule has 1 saturated heterocycles. The van der Waals surface area contributed by atoms with Crippen molar-refractivity contribution in [2.24, 2.45) is 0 Å². The van der Waals surface area contributed by atoms with Crippen molar-refractivity contribution in [3.63, 3.8) is 0 Å². The molecule has 6 nitrogen and oxygen atoms in total. The molecule has 1 N–H and O–H groups in total. The molecule has 32 heavy (non-hydrogen) atoms. The van der Waals surface area contributed by atoms with Gasteiger partial charge in [0, 0.05) is 36.6 Å². The Labute approximate surface area is 194 Å². The maximum Gasteiger partial charge on any atom is 0.244 e. The summed E-state index contributed by atoms with van der Waals surface area (Å²) in [6, 6.07) is 7.77. The standard InChI is InChI=1S/C25H33N3O3S/c1-20-27-22(18-32-20)17-31-23-8-5-21(6-9-23)7-10-24(29)26-19-25(11-3-2-4-12-25)28-13-15-30-16-14-28/h5-10,18H,2-4,11-17,19H2,1H3,(H,26,29)/b10-7+. The molecule has 172 valence electrons. The molecule has 2 aliphatic rings. The normalized spacial score (nSPS) is 19.2. The van der Waals surface area contributed by atoms with Gasteiger partial charge in [-0.1, -0.05) is 31.4 Å². The number of carbonyl (C=O) groups is 1. The zero-order valence-corrected chi connectivity index (χ0v) is 19.7. The van der Waals surface area contributed by atoms with E-state index in [-0.39, 0.29) is 11.4 Å². The Hall–Kier alpha value is -2.22. The lowest BCUT2D eigenvalue weighted by Gasteiger charge is -2.48. The van der Waals surface area contributed by atoms with Crippen LogP contribution in [0.1, 0.15) is 48.4 Å². The van der Waals surface area contributed by atoms with E-state index in [1.54, 1.807) is 17.4 Å². The van der Waals surface area contributed by atoms with Gasteiger partial charge < -0.3 is 14.8 Å². The van der Waals surface area contributed by atoms with E-state index in [2.05, 4.69) is 15.2 Å². The Balaban J connectivity index is 1.27. The topological polar surface area (TPSA) is 63.7 Å². The lowest BCUT2D eigenvalue weighted by Crippen LogP contribution is -2.59. The number of nitrogens with one attached hydrogen (secondary N) is 1. The van der Waals surface area contributed by atoms with Gasteiger partial charge in [0.25, 0.3) is 0 Å². The smallest absolute Gasteiger partial charge is 0.244 e. The second-order valence-corrected chi connectivity index (χ2v) is 9.71. The average Bonchev–Trinajstić information content (AvgIpc) is 3.27. The number of rotatable bonds is 8. The quantitative estimate of drug-likeness (QED) is 0.605. The molecule has 0 radical (unpaired) electrons. The summed E-state index contributed by atoms with van der Waals surface area (Å²) >= 11 is 1.63. The Bertz CT molecular complexity index is 897. The van der Waals surface area contributed by atoms with Gasteiger partial charge >= 0.3 is 0 Å². The van der Waals surface area contributed by atoms with Crippen LogP contribution in [0.3, 0.4) is 0 Å². The van der Waals surface area contributed by atoms with E-state index >= 15 is 0 Å². The highest BCUT2D eigenvalue weighted by molar-refractivity contribution is 7.09. The summed E-state index contributed by atoms with van der Waals surface area (Å²) in [5.41, 5.74) is 2.00. The van der Waals surface area contributed by atoms with Crippen molar-refractivity contribution in [1.29, 1.82) is 0 Å². The number of benzene rings is 1. The second-order valence-electron chi connectivity index (χ2n) is 8.65. The number of amides is 1. The molecule has 1 amide bonds. The third-order valence-electron chi connectivity index (χ3n) is 6.42. The highest BCUT2D eigenvalue weighted by Gasteiger charge is 2.38. The zero-order chi connectivity index (χ0) is 22.2. The third-order valence-corrected chi connectivity index (χ3v) is 7.24. The highest BCUT2D eigenvalue weighted by atomic mass is 32.1. The van der Waals surface area contributed by atoms with Gasteiger partial charge in [-0.3, -0.25) is 9.69 Å². The molecule has 1 aliphatic carbocycles. The van der Waals surface area contributed by atoms with E-state index in [1.807, 2.05) is 42.6 Å².